The first-order chi connectivity index (χ1) is 5.07. The van der Waals surface area contributed by atoms with Crippen molar-refractivity contribution in [2.45, 2.75) is 13.3 Å². The van der Waals surface area contributed by atoms with E-state index in [0.717, 1.165) is 0 Å². The molecule has 0 unspecified atom stereocenters. The molecule has 0 aromatic heterocycles. The van der Waals surface area contributed by atoms with Crippen LogP contribution in [0.2, 0.25) is 0 Å². The molecule has 0 aromatic rings. The number of carboxylic acid groups (broad SMARTS) is 1. The molecule has 0 saturated heterocycles. The van der Waals surface area contributed by atoms with E-state index in [-0.39, 0.29) is 17.9 Å². The fraction of sp³-hybridized carbons (Fsp3) is 0.429. The molecule has 0 radical (unpaired) electrons. The lowest BCUT2D eigenvalue weighted by Crippen LogP contribution is -2.23. The van der Waals surface area contributed by atoms with Gasteiger partial charge in [-0.2, -0.15) is 0 Å². The minimum absolute atomic E-state index is 0.0871. The van der Waals surface area contributed by atoms with Crippen LogP contribution in [0.5, 0.6) is 0 Å². The normalized spacial score (nSPS) is 8.82. The van der Waals surface area contributed by atoms with E-state index in [2.05, 4.69) is 11.9 Å². The number of aliphatic carboxylic acids is 1. The van der Waals surface area contributed by atoms with Crippen LogP contribution in [0.1, 0.15) is 13.3 Å². The van der Waals surface area contributed by atoms with Crippen LogP contribution >= 0.6 is 0 Å². The Morgan fingerprint density at radius 1 is 1.55 bits per heavy atom. The van der Waals surface area contributed by atoms with E-state index in [0.29, 0.717) is 6.54 Å². The highest BCUT2D eigenvalue weighted by Gasteiger charge is 2.08. The van der Waals surface area contributed by atoms with Crippen LogP contribution in [0.25, 0.3) is 0 Å². The summed E-state index contributed by atoms with van der Waals surface area (Å²) in [6.07, 6.45) is -0.136. The van der Waals surface area contributed by atoms with E-state index < -0.39 is 5.97 Å². The third-order valence-corrected chi connectivity index (χ3v) is 1.05. The zero-order valence-corrected chi connectivity index (χ0v) is 6.39. The molecule has 4 heteroatoms. The molecule has 0 saturated carbocycles. The van der Waals surface area contributed by atoms with Gasteiger partial charge in [-0.25, -0.2) is 4.79 Å². The Labute approximate surface area is 64.9 Å². The fourth-order valence-corrected chi connectivity index (χ4v) is 0.529. The molecule has 11 heavy (non-hydrogen) atoms. The Bertz CT molecular complexity index is 186. The molecule has 0 aromatic carbocycles. The Kier molecular flexibility index (Phi) is 3.95. The predicted octanol–water partition coefficient (Wildman–Crippen LogP) is 0.153. The van der Waals surface area contributed by atoms with Crippen molar-refractivity contribution in [1.82, 2.24) is 5.32 Å². The van der Waals surface area contributed by atoms with E-state index in [9.17, 15) is 9.59 Å². The molecule has 0 spiro atoms. The van der Waals surface area contributed by atoms with Gasteiger partial charge < -0.3 is 10.4 Å². The van der Waals surface area contributed by atoms with Crippen LogP contribution in [-0.2, 0) is 9.59 Å². The molecule has 0 fully saturated rings. The van der Waals surface area contributed by atoms with Gasteiger partial charge in [0, 0.05) is 12.1 Å². The Hall–Kier alpha value is -1.32. The molecular weight excluding hydrogens is 146 g/mol. The van der Waals surface area contributed by atoms with Crippen LogP contribution in [-0.4, -0.2) is 23.5 Å². The highest BCUT2D eigenvalue weighted by molar-refractivity contribution is 5.93. The van der Waals surface area contributed by atoms with Crippen LogP contribution < -0.4 is 5.32 Å². The minimum Gasteiger partial charge on any atom is -0.478 e. The summed E-state index contributed by atoms with van der Waals surface area (Å²) >= 11 is 0. The summed E-state index contributed by atoms with van der Waals surface area (Å²) in [6.45, 7) is 5.49. The number of amides is 1. The van der Waals surface area contributed by atoms with Gasteiger partial charge in [-0.05, 0) is 6.92 Å². The summed E-state index contributed by atoms with van der Waals surface area (Å²) in [5, 5.41) is 10.8. The summed E-state index contributed by atoms with van der Waals surface area (Å²) in [7, 11) is 0. The van der Waals surface area contributed by atoms with Crippen molar-refractivity contribution in [2.24, 2.45) is 0 Å². The Balaban J connectivity index is 3.76. The van der Waals surface area contributed by atoms with Gasteiger partial charge in [-0.15, -0.1) is 0 Å². The van der Waals surface area contributed by atoms with Crippen LogP contribution in [0, 0.1) is 0 Å². The molecule has 0 bridgehead atoms. The van der Waals surface area contributed by atoms with Crippen LogP contribution in [0.4, 0.5) is 0 Å². The first-order valence-electron chi connectivity index (χ1n) is 3.25. The van der Waals surface area contributed by atoms with Gasteiger partial charge in [-0.1, -0.05) is 6.58 Å². The van der Waals surface area contributed by atoms with Gasteiger partial charge in [0.25, 0.3) is 0 Å². The molecule has 2 N–H and O–H groups in total. The highest BCUT2D eigenvalue weighted by atomic mass is 16.4. The molecule has 0 aliphatic carbocycles. The summed E-state index contributed by atoms with van der Waals surface area (Å²) in [4.78, 5) is 20.9. The zero-order valence-electron chi connectivity index (χ0n) is 6.39. The molecule has 4 nitrogen and oxygen atoms in total. The number of hydrogen-bond acceptors (Lipinski definition) is 2. The topological polar surface area (TPSA) is 66.4 Å². The maximum absolute atomic E-state index is 10.7. The third kappa shape index (κ3) is 4.13. The van der Waals surface area contributed by atoms with E-state index in [1.807, 2.05) is 0 Å². The maximum Gasteiger partial charge on any atom is 0.331 e. The fourth-order valence-electron chi connectivity index (χ4n) is 0.529. The second-order valence-electron chi connectivity index (χ2n) is 2.04. The van der Waals surface area contributed by atoms with Crippen molar-refractivity contribution in [2.75, 3.05) is 6.54 Å². The molecule has 0 aliphatic heterocycles. The van der Waals surface area contributed by atoms with Gasteiger partial charge in [0.05, 0.1) is 6.42 Å². The molecule has 1 amide bonds. The standard InChI is InChI=1S/C7H11NO3/c1-3-8-6(9)4-5(2)7(10)11/h2-4H2,1H3,(H,8,9)(H,10,11). The number of rotatable bonds is 4. The van der Waals surface area contributed by atoms with E-state index in [1.165, 1.54) is 0 Å². The van der Waals surface area contributed by atoms with Crippen molar-refractivity contribution in [1.29, 1.82) is 0 Å². The van der Waals surface area contributed by atoms with E-state index in [1.54, 1.807) is 6.92 Å². The third-order valence-electron chi connectivity index (χ3n) is 1.05. The summed E-state index contributed by atoms with van der Waals surface area (Å²) in [5.41, 5.74) is -0.0871. The van der Waals surface area contributed by atoms with Crippen molar-refractivity contribution in [3.8, 4) is 0 Å². The molecule has 0 rings (SSSR count). The molecule has 62 valence electrons. The Morgan fingerprint density at radius 3 is 2.45 bits per heavy atom. The van der Waals surface area contributed by atoms with Gasteiger partial charge in [0.2, 0.25) is 5.91 Å². The van der Waals surface area contributed by atoms with Gasteiger partial charge in [0.1, 0.15) is 0 Å². The lowest BCUT2D eigenvalue weighted by atomic mass is 10.2. The number of carbonyl (C=O) groups is 2. The summed E-state index contributed by atoms with van der Waals surface area (Å²) < 4.78 is 0. The number of carboxylic acids is 1. The largest absolute Gasteiger partial charge is 0.478 e. The zero-order chi connectivity index (χ0) is 8.85. The monoisotopic (exact) mass is 157 g/mol. The van der Waals surface area contributed by atoms with Crippen LogP contribution in [0.15, 0.2) is 12.2 Å². The average molecular weight is 157 g/mol. The minimum atomic E-state index is -1.13. The lowest BCUT2D eigenvalue weighted by molar-refractivity contribution is -0.134. The first kappa shape index (κ1) is 9.68. The smallest absolute Gasteiger partial charge is 0.331 e. The summed E-state index contributed by atoms with van der Waals surface area (Å²) in [6, 6.07) is 0. The quantitative estimate of drug-likeness (QED) is 0.571. The SMILES string of the molecule is C=C(CC(=O)NCC)C(=O)O. The van der Waals surface area contributed by atoms with Gasteiger partial charge in [0.15, 0.2) is 0 Å². The van der Waals surface area contributed by atoms with Crippen molar-refractivity contribution in [3.63, 3.8) is 0 Å². The van der Waals surface area contributed by atoms with Gasteiger partial charge in [-0.3, -0.25) is 4.79 Å². The van der Waals surface area contributed by atoms with E-state index in [4.69, 9.17) is 5.11 Å². The number of hydrogen-bond donors (Lipinski definition) is 2. The van der Waals surface area contributed by atoms with Crippen molar-refractivity contribution >= 4 is 11.9 Å². The second-order valence-corrected chi connectivity index (χ2v) is 2.04. The molecular formula is C7H11NO3. The van der Waals surface area contributed by atoms with Crippen molar-refractivity contribution in [3.05, 3.63) is 12.2 Å². The first-order valence-corrected chi connectivity index (χ1v) is 3.25. The summed E-state index contributed by atoms with van der Waals surface area (Å²) in [5.74, 6) is -1.43. The predicted molar refractivity (Wildman–Crippen MR) is 40.1 cm³/mol. The van der Waals surface area contributed by atoms with E-state index >= 15 is 0 Å². The van der Waals surface area contributed by atoms with Gasteiger partial charge >= 0.3 is 5.97 Å². The lowest BCUT2D eigenvalue weighted by Gasteiger charge is -2.00. The average Bonchev–Trinajstić information content (AvgIpc) is 1.87. The van der Waals surface area contributed by atoms with Crippen molar-refractivity contribution < 1.29 is 14.7 Å². The Morgan fingerprint density at radius 2 is 2.09 bits per heavy atom. The van der Waals surface area contributed by atoms with Crippen LogP contribution in [0.3, 0.4) is 0 Å². The molecule has 0 heterocycles. The molecule has 0 aliphatic rings. The molecule has 0 atom stereocenters. The number of carbonyl (C=O) groups excluding carboxylic acids is 1. The highest BCUT2D eigenvalue weighted by Crippen LogP contribution is 1.96. The maximum atomic E-state index is 10.7. The second kappa shape index (κ2) is 4.49. The number of nitrogens with one attached hydrogen (secondary N) is 1.